The second-order valence-electron chi connectivity index (χ2n) is 4.62. The fraction of sp³-hybridized carbons (Fsp3) is 1.00. The first-order chi connectivity index (χ1) is 7.37. The van der Waals surface area contributed by atoms with Gasteiger partial charge in [-0.05, 0) is 20.3 Å². The Morgan fingerprint density at radius 3 is 2.38 bits per heavy atom. The van der Waals surface area contributed by atoms with Gasteiger partial charge in [0.2, 0.25) is 0 Å². The molecule has 0 bridgehead atoms. The summed E-state index contributed by atoms with van der Waals surface area (Å²) in [4.78, 5) is 1.96. The zero-order valence-electron chi connectivity index (χ0n) is 9.83. The Labute approximate surface area is 97.0 Å². The molecular weight excluding hydrogens is 230 g/mol. The molecule has 2 unspecified atom stereocenters. The lowest BCUT2D eigenvalue weighted by Gasteiger charge is -2.33. The van der Waals surface area contributed by atoms with Crippen molar-refractivity contribution in [3.8, 4) is 0 Å². The van der Waals surface area contributed by atoms with Crippen molar-refractivity contribution in [1.82, 2.24) is 4.90 Å². The van der Waals surface area contributed by atoms with Crippen LogP contribution in [0.1, 0.15) is 20.3 Å². The van der Waals surface area contributed by atoms with Crippen molar-refractivity contribution in [2.24, 2.45) is 0 Å². The Morgan fingerprint density at radius 1 is 1.38 bits per heavy atom. The Bertz CT molecular complexity index is 315. The highest BCUT2D eigenvalue weighted by Gasteiger charge is 2.40. The van der Waals surface area contributed by atoms with Crippen LogP contribution in [-0.4, -0.2) is 66.4 Å². The molecule has 1 fully saturated rings. The van der Waals surface area contributed by atoms with Crippen molar-refractivity contribution in [2.45, 2.75) is 38.5 Å². The predicted octanol–water partition coefficient (Wildman–Crippen LogP) is -0.763. The molecule has 0 saturated carbocycles. The first-order valence-electron chi connectivity index (χ1n) is 5.62. The summed E-state index contributed by atoms with van der Waals surface area (Å²) < 4.78 is 22.8. The molecule has 5 nitrogen and oxygen atoms in total. The number of hydrogen-bond donors (Lipinski definition) is 2. The van der Waals surface area contributed by atoms with Gasteiger partial charge in [0.15, 0.2) is 9.84 Å². The molecule has 0 aromatic heterocycles. The van der Waals surface area contributed by atoms with Crippen molar-refractivity contribution in [1.29, 1.82) is 0 Å². The molecule has 6 heteroatoms. The molecule has 1 aliphatic heterocycles. The standard InChI is InChI=1S/C10H21NO4S/c1-8(2)11(4-3-5-12)9-6-16(14,15)7-10(9)13/h8-10,12-13H,3-7H2,1-2H3. The normalized spacial score (nSPS) is 29.1. The van der Waals surface area contributed by atoms with Crippen LogP contribution in [0.5, 0.6) is 0 Å². The molecule has 16 heavy (non-hydrogen) atoms. The molecule has 0 spiro atoms. The molecule has 0 radical (unpaired) electrons. The highest BCUT2D eigenvalue weighted by molar-refractivity contribution is 7.91. The molecule has 1 rings (SSSR count). The van der Waals surface area contributed by atoms with Gasteiger partial charge in [0.1, 0.15) is 0 Å². The van der Waals surface area contributed by atoms with Gasteiger partial charge in [0.25, 0.3) is 0 Å². The summed E-state index contributed by atoms with van der Waals surface area (Å²) in [6.45, 7) is 4.63. The van der Waals surface area contributed by atoms with E-state index in [9.17, 15) is 13.5 Å². The van der Waals surface area contributed by atoms with E-state index < -0.39 is 15.9 Å². The van der Waals surface area contributed by atoms with E-state index >= 15 is 0 Å². The van der Waals surface area contributed by atoms with Crippen LogP contribution in [-0.2, 0) is 9.84 Å². The molecule has 0 aromatic carbocycles. The van der Waals surface area contributed by atoms with Gasteiger partial charge in [-0.25, -0.2) is 8.42 Å². The highest BCUT2D eigenvalue weighted by atomic mass is 32.2. The van der Waals surface area contributed by atoms with Gasteiger partial charge in [0.05, 0.1) is 23.7 Å². The van der Waals surface area contributed by atoms with Gasteiger partial charge in [-0.1, -0.05) is 0 Å². The Balaban J connectivity index is 2.71. The first-order valence-corrected chi connectivity index (χ1v) is 7.44. The maximum Gasteiger partial charge on any atom is 0.154 e. The fourth-order valence-corrected chi connectivity index (χ4v) is 4.00. The number of nitrogens with zero attached hydrogens (tertiary/aromatic N) is 1. The molecule has 2 atom stereocenters. The van der Waals surface area contributed by atoms with Gasteiger partial charge < -0.3 is 10.2 Å². The molecule has 0 amide bonds. The van der Waals surface area contributed by atoms with E-state index in [1.165, 1.54) is 0 Å². The first kappa shape index (κ1) is 13.9. The minimum atomic E-state index is -3.10. The monoisotopic (exact) mass is 251 g/mol. The van der Waals surface area contributed by atoms with Crippen LogP contribution in [0.25, 0.3) is 0 Å². The Hall–Kier alpha value is -0.170. The number of sulfone groups is 1. The van der Waals surface area contributed by atoms with Crippen molar-refractivity contribution in [2.75, 3.05) is 24.7 Å². The molecule has 96 valence electrons. The average Bonchev–Trinajstić information content (AvgIpc) is 2.40. The van der Waals surface area contributed by atoms with E-state index in [-0.39, 0.29) is 30.2 Å². The van der Waals surface area contributed by atoms with Crippen molar-refractivity contribution in [3.63, 3.8) is 0 Å². The van der Waals surface area contributed by atoms with Crippen LogP contribution in [0.4, 0.5) is 0 Å². The van der Waals surface area contributed by atoms with Crippen LogP contribution in [0.3, 0.4) is 0 Å². The molecule has 1 aliphatic rings. The van der Waals surface area contributed by atoms with E-state index in [4.69, 9.17) is 5.11 Å². The van der Waals surface area contributed by atoms with E-state index in [1.807, 2.05) is 18.7 Å². The lowest BCUT2D eigenvalue weighted by atomic mass is 10.1. The van der Waals surface area contributed by atoms with Gasteiger partial charge in [-0.15, -0.1) is 0 Å². The topological polar surface area (TPSA) is 77.8 Å². The number of rotatable bonds is 5. The lowest BCUT2D eigenvalue weighted by molar-refractivity contribution is 0.0587. The maximum atomic E-state index is 11.4. The molecule has 1 saturated heterocycles. The van der Waals surface area contributed by atoms with Gasteiger partial charge >= 0.3 is 0 Å². The lowest BCUT2D eigenvalue weighted by Crippen LogP contribution is -2.47. The zero-order chi connectivity index (χ0) is 12.3. The van der Waals surface area contributed by atoms with Gasteiger partial charge in [-0.2, -0.15) is 0 Å². The maximum absolute atomic E-state index is 11.4. The van der Waals surface area contributed by atoms with Gasteiger partial charge in [0, 0.05) is 19.2 Å². The smallest absolute Gasteiger partial charge is 0.154 e. The minimum Gasteiger partial charge on any atom is -0.396 e. The van der Waals surface area contributed by atoms with Crippen LogP contribution in [0, 0.1) is 0 Å². The van der Waals surface area contributed by atoms with Crippen molar-refractivity contribution in [3.05, 3.63) is 0 Å². The molecule has 0 aliphatic carbocycles. The van der Waals surface area contributed by atoms with Crippen LogP contribution in [0.2, 0.25) is 0 Å². The average molecular weight is 251 g/mol. The summed E-state index contributed by atoms with van der Waals surface area (Å²) in [6, 6.07) is -0.156. The van der Waals surface area contributed by atoms with Crippen LogP contribution < -0.4 is 0 Å². The summed E-state index contributed by atoms with van der Waals surface area (Å²) in [5.74, 6) is -0.113. The molecular formula is C10H21NO4S. The molecule has 0 aromatic rings. The number of aliphatic hydroxyl groups excluding tert-OH is 2. The second-order valence-corrected chi connectivity index (χ2v) is 6.77. The van der Waals surface area contributed by atoms with Crippen molar-refractivity contribution >= 4 is 9.84 Å². The second kappa shape index (κ2) is 5.44. The molecule has 2 N–H and O–H groups in total. The van der Waals surface area contributed by atoms with Crippen molar-refractivity contribution < 1.29 is 18.6 Å². The van der Waals surface area contributed by atoms with Crippen LogP contribution in [0.15, 0.2) is 0 Å². The Kier molecular flexibility index (Phi) is 4.73. The summed E-state index contributed by atoms with van der Waals surface area (Å²) in [7, 11) is -3.10. The minimum absolute atomic E-state index is 0.0256. The summed E-state index contributed by atoms with van der Waals surface area (Å²) in [5.41, 5.74) is 0. The number of hydrogen-bond acceptors (Lipinski definition) is 5. The largest absolute Gasteiger partial charge is 0.396 e. The quantitative estimate of drug-likeness (QED) is 0.671. The fourth-order valence-electron chi connectivity index (χ4n) is 2.19. The van der Waals surface area contributed by atoms with Gasteiger partial charge in [-0.3, -0.25) is 4.90 Å². The third-order valence-corrected chi connectivity index (χ3v) is 4.66. The highest BCUT2D eigenvalue weighted by Crippen LogP contribution is 2.20. The third-order valence-electron chi connectivity index (χ3n) is 2.96. The number of aliphatic hydroxyl groups is 2. The zero-order valence-corrected chi connectivity index (χ0v) is 10.7. The summed E-state index contributed by atoms with van der Waals surface area (Å²) in [5, 5.41) is 18.6. The van der Waals surface area contributed by atoms with E-state index in [1.54, 1.807) is 0 Å². The van der Waals surface area contributed by atoms with E-state index in [0.717, 1.165) is 0 Å². The summed E-state index contributed by atoms with van der Waals surface area (Å²) >= 11 is 0. The Morgan fingerprint density at radius 2 is 2.00 bits per heavy atom. The van der Waals surface area contributed by atoms with E-state index in [0.29, 0.717) is 13.0 Å². The summed E-state index contributed by atoms with van der Waals surface area (Å²) in [6.07, 6.45) is -0.201. The van der Waals surface area contributed by atoms with E-state index in [2.05, 4.69) is 0 Å². The SMILES string of the molecule is CC(C)N(CCCO)C1CS(=O)(=O)CC1O. The predicted molar refractivity (Wildman–Crippen MR) is 62.0 cm³/mol. The van der Waals surface area contributed by atoms with Crippen LogP contribution >= 0.6 is 0 Å². The third kappa shape index (κ3) is 3.41. The molecule has 1 heterocycles.